The summed E-state index contributed by atoms with van der Waals surface area (Å²) in [5.74, 6) is -6.37. The maximum atomic E-state index is 13.8. The fraction of sp³-hybridized carbons (Fsp3) is 0.519. The number of primary amides is 2. The minimum atomic E-state index is -1.57. The van der Waals surface area contributed by atoms with E-state index in [1.54, 1.807) is 0 Å². The summed E-state index contributed by atoms with van der Waals surface area (Å²) in [6.45, 7) is 0.401. The molecule has 3 rings (SSSR count). The number of rotatable bonds is 9. The highest BCUT2D eigenvalue weighted by molar-refractivity contribution is 14.1. The fourth-order valence-corrected chi connectivity index (χ4v) is 6.00. The van der Waals surface area contributed by atoms with Crippen molar-refractivity contribution < 1.29 is 43.6 Å². The van der Waals surface area contributed by atoms with Gasteiger partial charge in [-0.15, -0.1) is 0 Å². The summed E-state index contributed by atoms with van der Waals surface area (Å²) in [7, 11) is 0. The van der Waals surface area contributed by atoms with Gasteiger partial charge in [-0.25, -0.2) is 0 Å². The molecule has 1 unspecified atom stereocenters. The van der Waals surface area contributed by atoms with Gasteiger partial charge in [0.25, 0.3) is 11.6 Å². The van der Waals surface area contributed by atoms with Crippen LogP contribution >= 0.6 is 22.6 Å². The number of halogens is 1. The predicted octanol–water partition coefficient (Wildman–Crippen LogP) is -0.920. The summed E-state index contributed by atoms with van der Waals surface area (Å²) >= 11 is 1.87. The van der Waals surface area contributed by atoms with Gasteiger partial charge in [0.1, 0.15) is 24.2 Å². The number of nitrogens with zero attached hydrogens (tertiary/aromatic N) is 2. The molecule has 1 fully saturated rings. The molecule has 2 heterocycles. The number of carboxylic acids is 1. The van der Waals surface area contributed by atoms with Crippen molar-refractivity contribution in [2.45, 2.75) is 75.5 Å². The Kier molecular flexibility index (Phi) is 12.6. The first-order valence-electron chi connectivity index (χ1n) is 14.4. The Hall–Kier alpha value is -4.56. The van der Waals surface area contributed by atoms with Crippen LogP contribution in [0.25, 0.3) is 0 Å². The molecule has 46 heavy (non-hydrogen) atoms. The van der Waals surface area contributed by atoms with Crippen LogP contribution < -0.4 is 32.7 Å². The molecule has 1 aromatic rings. The lowest BCUT2D eigenvalue weighted by molar-refractivity contribution is -0.385. The molecular weight excluding hydrogens is 723 g/mol. The Labute approximate surface area is 276 Å². The van der Waals surface area contributed by atoms with Gasteiger partial charge in [0.05, 0.1) is 22.6 Å². The summed E-state index contributed by atoms with van der Waals surface area (Å²) in [4.78, 5) is 101. The Morgan fingerprint density at radius 1 is 1.09 bits per heavy atom. The van der Waals surface area contributed by atoms with Crippen LogP contribution in [0.5, 0.6) is 0 Å². The van der Waals surface area contributed by atoms with Crippen LogP contribution in [-0.2, 0) is 28.8 Å². The topological polar surface area (TPSA) is 286 Å². The molecule has 0 spiro atoms. The van der Waals surface area contributed by atoms with Crippen molar-refractivity contribution in [1.82, 2.24) is 20.9 Å². The van der Waals surface area contributed by atoms with Gasteiger partial charge < -0.3 is 42.7 Å². The Balaban J connectivity index is 2.00. The lowest BCUT2D eigenvalue weighted by Crippen LogP contribution is -2.58. The SMILES string of the molecule is NC(=O)CC[C@@H]1NC(=O)[C@@H]2CCCN2C(=O)c2cc([N+](=O)[O-])cc(I)c2NCCCC[C@@H](C(=O)NC(CC(=O)O)C(N)=O)NC1=O. The molecule has 2 aliphatic heterocycles. The van der Waals surface area contributed by atoms with E-state index < -0.39 is 76.9 Å². The second kappa shape index (κ2) is 16.1. The summed E-state index contributed by atoms with van der Waals surface area (Å²) < 4.78 is 0.392. The molecule has 0 saturated carbocycles. The van der Waals surface area contributed by atoms with Crippen LogP contribution in [0.4, 0.5) is 11.4 Å². The third-order valence-corrected chi connectivity index (χ3v) is 8.39. The number of carbonyl (C=O) groups is 7. The molecule has 1 aromatic carbocycles. The smallest absolute Gasteiger partial charge is 0.305 e. The van der Waals surface area contributed by atoms with Crippen molar-refractivity contribution >= 4 is 75.4 Å². The van der Waals surface area contributed by atoms with Crippen molar-refractivity contribution in [2.24, 2.45) is 11.5 Å². The Morgan fingerprint density at radius 2 is 1.80 bits per heavy atom. The van der Waals surface area contributed by atoms with Gasteiger partial charge in [0, 0.05) is 35.2 Å². The highest BCUT2D eigenvalue weighted by Gasteiger charge is 2.38. The van der Waals surface area contributed by atoms with Gasteiger partial charge >= 0.3 is 5.97 Å². The van der Waals surface area contributed by atoms with E-state index in [1.807, 2.05) is 22.6 Å². The number of aliphatic carboxylic acids is 1. The van der Waals surface area contributed by atoms with Gasteiger partial charge in [-0.2, -0.15) is 0 Å². The lowest BCUT2D eigenvalue weighted by atomic mass is 10.0. The molecule has 6 amide bonds. The number of carbonyl (C=O) groups excluding carboxylic acids is 6. The second-order valence-corrected chi connectivity index (χ2v) is 12.0. The van der Waals surface area contributed by atoms with Crippen molar-refractivity contribution in [1.29, 1.82) is 0 Å². The van der Waals surface area contributed by atoms with E-state index in [2.05, 4.69) is 21.3 Å². The van der Waals surface area contributed by atoms with Crippen LogP contribution in [0, 0.1) is 13.7 Å². The summed E-state index contributed by atoms with van der Waals surface area (Å²) in [5.41, 5.74) is 10.5. The summed E-state index contributed by atoms with van der Waals surface area (Å²) in [6.07, 6.45) is -0.0541. The number of hydrogen-bond acceptors (Lipinski definition) is 10. The first kappa shape index (κ1) is 35.9. The monoisotopic (exact) mass is 758 g/mol. The minimum absolute atomic E-state index is 0.00611. The number of nitrogens with one attached hydrogen (secondary N) is 4. The van der Waals surface area contributed by atoms with E-state index in [1.165, 1.54) is 11.0 Å². The average molecular weight is 759 g/mol. The lowest BCUT2D eigenvalue weighted by Gasteiger charge is -2.28. The number of nitro groups is 1. The fourth-order valence-electron chi connectivity index (χ4n) is 5.20. The standard InChI is InChI=1S/C27H35IN8O10/c28-15-11-13(36(45)46)10-14-22(15)31-8-2-1-4-16(24(41)34-18(23(30)40)12-21(38)39)32-25(42)17(6-7-20(29)37)33-26(43)19-5-3-9-35(19)27(14)44/h10-11,16-19,31H,1-9,12H2,(H2,29,37)(H2,30,40)(H,32,42)(H,33,43)(H,34,41)(H,38,39)/t16-,17-,18?,19-/m0/s1. The van der Waals surface area contributed by atoms with Crippen molar-refractivity contribution in [3.8, 4) is 0 Å². The molecule has 18 nitrogen and oxygen atoms in total. The number of carboxylic acid groups (broad SMARTS) is 1. The Morgan fingerprint density at radius 3 is 2.43 bits per heavy atom. The number of hydrogen-bond donors (Lipinski definition) is 7. The van der Waals surface area contributed by atoms with Crippen LogP contribution in [0.2, 0.25) is 0 Å². The minimum Gasteiger partial charge on any atom is -0.481 e. The van der Waals surface area contributed by atoms with Crippen LogP contribution in [0.3, 0.4) is 0 Å². The van der Waals surface area contributed by atoms with Crippen molar-refractivity contribution in [3.05, 3.63) is 31.4 Å². The largest absolute Gasteiger partial charge is 0.481 e. The number of benzene rings is 1. The van der Waals surface area contributed by atoms with Crippen molar-refractivity contribution in [3.63, 3.8) is 0 Å². The van der Waals surface area contributed by atoms with Crippen molar-refractivity contribution in [2.75, 3.05) is 18.4 Å². The molecule has 4 atom stereocenters. The highest BCUT2D eigenvalue weighted by atomic mass is 127. The van der Waals surface area contributed by atoms with Crippen LogP contribution in [-0.4, -0.2) is 93.6 Å². The molecule has 2 aliphatic rings. The first-order chi connectivity index (χ1) is 21.7. The van der Waals surface area contributed by atoms with E-state index in [-0.39, 0.29) is 56.4 Å². The van der Waals surface area contributed by atoms with Crippen LogP contribution in [0.1, 0.15) is 61.7 Å². The maximum Gasteiger partial charge on any atom is 0.305 e. The number of anilines is 1. The van der Waals surface area contributed by atoms with Gasteiger partial charge in [-0.05, 0) is 61.1 Å². The molecule has 0 bridgehead atoms. The zero-order valence-corrected chi connectivity index (χ0v) is 26.7. The molecule has 0 aromatic heterocycles. The van der Waals surface area contributed by atoms with E-state index >= 15 is 0 Å². The highest BCUT2D eigenvalue weighted by Crippen LogP contribution is 2.32. The molecule has 250 valence electrons. The molecule has 0 radical (unpaired) electrons. The Bertz CT molecular complexity index is 1420. The number of fused-ring (bicyclic) bond motifs is 2. The molecular formula is C27H35IN8O10. The van der Waals surface area contributed by atoms with Gasteiger partial charge in [0.2, 0.25) is 29.5 Å². The molecule has 9 N–H and O–H groups in total. The zero-order chi connectivity index (χ0) is 34.1. The van der Waals surface area contributed by atoms with Crippen LogP contribution in [0.15, 0.2) is 12.1 Å². The van der Waals surface area contributed by atoms with Gasteiger partial charge in [-0.1, -0.05) is 0 Å². The van der Waals surface area contributed by atoms with E-state index in [4.69, 9.17) is 16.6 Å². The van der Waals surface area contributed by atoms with Gasteiger partial charge in [-0.3, -0.25) is 43.7 Å². The third kappa shape index (κ3) is 9.47. The normalized spacial score (nSPS) is 21.5. The first-order valence-corrected chi connectivity index (χ1v) is 15.5. The number of nitro benzene ring substituents is 1. The summed E-state index contributed by atoms with van der Waals surface area (Å²) in [5, 5.41) is 31.1. The quantitative estimate of drug-likeness (QED) is 0.0919. The van der Waals surface area contributed by atoms with E-state index in [0.717, 1.165) is 6.07 Å². The number of non-ortho nitro benzene ring substituents is 1. The summed E-state index contributed by atoms with van der Waals surface area (Å²) in [6, 6.07) is -2.86. The second-order valence-electron chi connectivity index (χ2n) is 10.9. The van der Waals surface area contributed by atoms with Gasteiger partial charge in [0.15, 0.2) is 0 Å². The number of amides is 6. The molecule has 0 aliphatic carbocycles. The molecule has 19 heteroatoms. The zero-order valence-electron chi connectivity index (χ0n) is 24.6. The average Bonchev–Trinajstić information content (AvgIpc) is 3.47. The van der Waals surface area contributed by atoms with E-state index in [0.29, 0.717) is 22.1 Å². The predicted molar refractivity (Wildman–Crippen MR) is 168 cm³/mol. The van der Waals surface area contributed by atoms with E-state index in [9.17, 15) is 43.7 Å². The molecule has 1 saturated heterocycles. The maximum absolute atomic E-state index is 13.8. The number of nitrogens with two attached hydrogens (primary N) is 2. The third-order valence-electron chi connectivity index (χ3n) is 7.54.